The Bertz CT molecular complexity index is 976. The third kappa shape index (κ3) is 5.75. The fourth-order valence-corrected chi connectivity index (χ4v) is 3.39. The molecule has 2 N–H and O–H groups in total. The van der Waals surface area contributed by atoms with E-state index in [1.165, 1.54) is 16.2 Å². The van der Waals surface area contributed by atoms with Crippen LogP contribution in [0.5, 0.6) is 0 Å². The smallest absolute Gasteiger partial charge is 0.317 e. The Labute approximate surface area is 177 Å². The molecule has 0 saturated heterocycles. The zero-order chi connectivity index (χ0) is 20.8. The van der Waals surface area contributed by atoms with E-state index in [9.17, 15) is 9.59 Å². The first-order valence-corrected chi connectivity index (χ1v) is 10.0. The number of nitrogens with zero attached hydrogens (tertiary/aromatic N) is 3. The highest BCUT2D eigenvalue weighted by molar-refractivity contribution is 7.18. The highest BCUT2D eigenvalue weighted by atomic mass is 35.5. The molecule has 0 saturated carbocycles. The lowest BCUT2D eigenvalue weighted by atomic mass is 10.1. The second-order valence-electron chi connectivity index (χ2n) is 6.49. The Balaban J connectivity index is 1.73. The van der Waals surface area contributed by atoms with Crippen LogP contribution in [0.2, 0.25) is 5.02 Å². The number of carbonyl (C=O) groups is 2. The van der Waals surface area contributed by atoms with E-state index >= 15 is 0 Å². The molecule has 0 aliphatic rings. The van der Waals surface area contributed by atoms with E-state index in [0.717, 1.165) is 11.1 Å². The second kappa shape index (κ2) is 9.49. The maximum atomic E-state index is 12.8. The van der Waals surface area contributed by atoms with E-state index in [0.29, 0.717) is 21.6 Å². The van der Waals surface area contributed by atoms with Crippen LogP contribution in [0.25, 0.3) is 10.6 Å². The topological polar surface area (TPSA) is 87.2 Å². The molecular weight excluding hydrogens is 410 g/mol. The summed E-state index contributed by atoms with van der Waals surface area (Å²) in [6.45, 7) is 0. The molecule has 0 aliphatic carbocycles. The highest BCUT2D eigenvalue weighted by Gasteiger charge is 2.23. The van der Waals surface area contributed by atoms with Gasteiger partial charge in [0, 0.05) is 31.1 Å². The van der Waals surface area contributed by atoms with Crippen molar-refractivity contribution in [3.63, 3.8) is 0 Å². The van der Waals surface area contributed by atoms with Crippen molar-refractivity contribution < 1.29 is 9.59 Å². The monoisotopic (exact) mass is 429 g/mol. The predicted molar refractivity (Wildman–Crippen MR) is 115 cm³/mol. The van der Waals surface area contributed by atoms with Crippen molar-refractivity contribution in [1.29, 1.82) is 0 Å². The Morgan fingerprint density at radius 1 is 1.07 bits per heavy atom. The molecule has 3 rings (SSSR count). The summed E-state index contributed by atoms with van der Waals surface area (Å²) in [7, 11) is 3.24. The lowest BCUT2D eigenvalue weighted by molar-refractivity contribution is -0.117. The minimum absolute atomic E-state index is 0.347. The van der Waals surface area contributed by atoms with Crippen LogP contribution in [-0.4, -0.2) is 47.2 Å². The van der Waals surface area contributed by atoms with Crippen molar-refractivity contribution in [2.45, 2.75) is 12.5 Å². The number of nitrogens with one attached hydrogen (secondary N) is 2. The van der Waals surface area contributed by atoms with Crippen LogP contribution in [-0.2, 0) is 11.2 Å². The first-order valence-electron chi connectivity index (χ1n) is 8.84. The number of carbonyl (C=O) groups excluding carboxylic acids is 2. The number of aromatic nitrogens is 2. The Morgan fingerprint density at radius 3 is 2.41 bits per heavy atom. The molecule has 29 heavy (non-hydrogen) atoms. The molecular formula is C20H20ClN5O2S. The maximum Gasteiger partial charge on any atom is 0.317 e. The number of benzene rings is 2. The number of urea groups is 1. The minimum atomic E-state index is -0.754. The number of amides is 3. The molecule has 1 atom stereocenters. The van der Waals surface area contributed by atoms with Gasteiger partial charge in [0.25, 0.3) is 0 Å². The van der Waals surface area contributed by atoms with Gasteiger partial charge in [-0.05, 0) is 17.7 Å². The molecule has 0 fully saturated rings. The van der Waals surface area contributed by atoms with Gasteiger partial charge >= 0.3 is 6.03 Å². The van der Waals surface area contributed by atoms with Crippen molar-refractivity contribution in [3.05, 3.63) is 65.2 Å². The summed E-state index contributed by atoms with van der Waals surface area (Å²) in [5, 5.41) is 15.3. The molecule has 0 bridgehead atoms. The Kier molecular flexibility index (Phi) is 6.79. The summed E-state index contributed by atoms with van der Waals surface area (Å²) in [6, 6.07) is 15.6. The van der Waals surface area contributed by atoms with Crippen LogP contribution in [0.3, 0.4) is 0 Å². The summed E-state index contributed by atoms with van der Waals surface area (Å²) in [5.41, 5.74) is 1.79. The van der Waals surface area contributed by atoms with Crippen molar-refractivity contribution in [2.75, 3.05) is 19.4 Å². The lowest BCUT2D eigenvalue weighted by Crippen LogP contribution is -2.48. The largest absolute Gasteiger partial charge is 0.331 e. The number of rotatable bonds is 6. The van der Waals surface area contributed by atoms with E-state index in [1.807, 2.05) is 42.5 Å². The fourth-order valence-electron chi connectivity index (χ4n) is 2.51. The summed E-state index contributed by atoms with van der Waals surface area (Å²) in [4.78, 5) is 26.3. The average Bonchev–Trinajstić information content (AvgIpc) is 3.17. The first kappa shape index (κ1) is 20.8. The van der Waals surface area contributed by atoms with Gasteiger partial charge in [-0.1, -0.05) is 65.4 Å². The zero-order valence-corrected chi connectivity index (χ0v) is 17.5. The van der Waals surface area contributed by atoms with Gasteiger partial charge in [0.1, 0.15) is 11.0 Å². The molecule has 0 aliphatic heterocycles. The third-order valence-electron chi connectivity index (χ3n) is 4.05. The van der Waals surface area contributed by atoms with E-state index in [2.05, 4.69) is 20.8 Å². The van der Waals surface area contributed by atoms with Crippen LogP contribution in [0.1, 0.15) is 5.56 Å². The number of anilines is 1. The quantitative estimate of drug-likeness (QED) is 0.625. The van der Waals surface area contributed by atoms with Crippen molar-refractivity contribution >= 4 is 40.0 Å². The molecule has 2 aromatic carbocycles. The van der Waals surface area contributed by atoms with Crippen LogP contribution < -0.4 is 10.6 Å². The highest BCUT2D eigenvalue weighted by Crippen LogP contribution is 2.27. The zero-order valence-electron chi connectivity index (χ0n) is 15.9. The van der Waals surface area contributed by atoms with E-state index in [1.54, 1.807) is 26.2 Å². The van der Waals surface area contributed by atoms with Crippen LogP contribution >= 0.6 is 22.9 Å². The van der Waals surface area contributed by atoms with Gasteiger partial charge in [-0.25, -0.2) is 4.79 Å². The van der Waals surface area contributed by atoms with Gasteiger partial charge in [0.15, 0.2) is 0 Å². The third-order valence-corrected chi connectivity index (χ3v) is 5.19. The normalized spacial score (nSPS) is 11.6. The average molecular weight is 430 g/mol. The van der Waals surface area contributed by atoms with Gasteiger partial charge in [0.05, 0.1) is 0 Å². The van der Waals surface area contributed by atoms with Crippen LogP contribution in [0, 0.1) is 0 Å². The summed E-state index contributed by atoms with van der Waals surface area (Å²) in [5.74, 6) is -0.358. The SMILES string of the molecule is CN(C)C(=O)N[C@@H](Cc1ccccc1)C(=O)Nc1nnc(-c2ccc(Cl)cc2)s1. The first-order chi connectivity index (χ1) is 13.9. The molecule has 3 amide bonds. The Hall–Kier alpha value is -2.97. The molecule has 9 heteroatoms. The molecule has 1 aromatic heterocycles. The minimum Gasteiger partial charge on any atom is -0.331 e. The second-order valence-corrected chi connectivity index (χ2v) is 7.91. The fraction of sp³-hybridized carbons (Fsp3) is 0.200. The van der Waals surface area contributed by atoms with E-state index in [4.69, 9.17) is 11.6 Å². The van der Waals surface area contributed by atoms with Gasteiger partial charge in [-0.3, -0.25) is 10.1 Å². The number of halogens is 1. The predicted octanol–water partition coefficient (Wildman–Crippen LogP) is 3.68. The van der Waals surface area contributed by atoms with Gasteiger partial charge in [-0.15, -0.1) is 10.2 Å². The van der Waals surface area contributed by atoms with Crippen LogP contribution in [0.15, 0.2) is 54.6 Å². The maximum absolute atomic E-state index is 12.8. The summed E-state index contributed by atoms with van der Waals surface area (Å²) < 4.78 is 0. The molecule has 0 radical (unpaired) electrons. The molecule has 3 aromatic rings. The molecule has 150 valence electrons. The summed E-state index contributed by atoms with van der Waals surface area (Å²) >= 11 is 7.16. The number of hydrogen-bond acceptors (Lipinski definition) is 5. The Morgan fingerprint density at radius 2 is 1.76 bits per heavy atom. The molecule has 1 heterocycles. The van der Waals surface area contributed by atoms with Gasteiger partial charge in [-0.2, -0.15) is 0 Å². The van der Waals surface area contributed by atoms with Crippen LogP contribution in [0.4, 0.5) is 9.93 Å². The van der Waals surface area contributed by atoms with Crippen molar-refractivity contribution in [1.82, 2.24) is 20.4 Å². The van der Waals surface area contributed by atoms with E-state index < -0.39 is 6.04 Å². The van der Waals surface area contributed by atoms with Crippen molar-refractivity contribution in [3.8, 4) is 10.6 Å². The summed E-state index contributed by atoms with van der Waals surface area (Å²) in [6.07, 6.45) is 0.356. The van der Waals surface area contributed by atoms with E-state index in [-0.39, 0.29) is 11.9 Å². The molecule has 7 nitrogen and oxygen atoms in total. The van der Waals surface area contributed by atoms with Gasteiger partial charge < -0.3 is 10.2 Å². The molecule has 0 unspecified atom stereocenters. The standard InChI is InChI=1S/C20H20ClN5O2S/c1-26(2)20(28)22-16(12-13-6-4-3-5-7-13)17(27)23-19-25-24-18(29-19)14-8-10-15(21)11-9-14/h3-11,16H,12H2,1-2H3,(H,22,28)(H,23,25,27)/t16-/m0/s1. The lowest BCUT2D eigenvalue weighted by Gasteiger charge is -2.20. The van der Waals surface area contributed by atoms with Gasteiger partial charge in [0.2, 0.25) is 11.0 Å². The number of hydrogen-bond donors (Lipinski definition) is 2. The molecule has 0 spiro atoms. The van der Waals surface area contributed by atoms with Crippen molar-refractivity contribution in [2.24, 2.45) is 0 Å².